The topological polar surface area (TPSA) is 43.1 Å². The average Bonchev–Trinajstić information content (AvgIpc) is 2.50. The highest BCUT2D eigenvalue weighted by Crippen LogP contribution is 2.41. The van der Waals surface area contributed by atoms with Crippen LogP contribution in [-0.2, 0) is 11.2 Å². The van der Waals surface area contributed by atoms with Crippen molar-refractivity contribution in [3.05, 3.63) is 53.1 Å². The van der Waals surface area contributed by atoms with Crippen molar-refractivity contribution in [2.45, 2.75) is 25.7 Å². The van der Waals surface area contributed by atoms with Gasteiger partial charge < -0.3 is 5.73 Å². The van der Waals surface area contributed by atoms with Crippen LogP contribution >= 0.6 is 0 Å². The largest absolute Gasteiger partial charge is 0.369 e. The van der Waals surface area contributed by atoms with Crippen molar-refractivity contribution in [2.24, 2.45) is 17.6 Å². The molecule has 2 heteroatoms. The van der Waals surface area contributed by atoms with Gasteiger partial charge in [-0.05, 0) is 59.6 Å². The Bertz CT molecular complexity index is 759. The smallest absolute Gasteiger partial charge is 0.220 e. The molecule has 2 atom stereocenters. The van der Waals surface area contributed by atoms with Gasteiger partial charge in [-0.15, -0.1) is 0 Å². The van der Waals surface area contributed by atoms with Crippen molar-refractivity contribution < 1.29 is 4.79 Å². The molecule has 0 aliphatic heterocycles. The molecule has 0 spiro atoms. The third-order valence-electron chi connectivity index (χ3n) is 5.09. The molecule has 2 unspecified atom stereocenters. The van der Waals surface area contributed by atoms with E-state index in [1.165, 1.54) is 27.5 Å². The Morgan fingerprint density at radius 2 is 1.90 bits per heavy atom. The molecule has 0 bridgehead atoms. The van der Waals surface area contributed by atoms with Gasteiger partial charge in [0.15, 0.2) is 0 Å². The number of allylic oxidation sites excluding steroid dienone is 1. The number of hydrogen-bond acceptors (Lipinski definition) is 1. The fourth-order valence-electron chi connectivity index (χ4n) is 3.90. The molecule has 2 aromatic rings. The van der Waals surface area contributed by atoms with Crippen LogP contribution in [0.1, 0.15) is 30.4 Å². The van der Waals surface area contributed by atoms with E-state index in [2.05, 4.69) is 42.5 Å². The molecule has 2 aromatic carbocycles. The molecule has 21 heavy (non-hydrogen) atoms. The Kier molecular flexibility index (Phi) is 2.85. The number of nitrogens with two attached hydrogens (primary N) is 1. The molecule has 0 radical (unpaired) electrons. The first-order chi connectivity index (χ1) is 10.2. The number of benzene rings is 2. The van der Waals surface area contributed by atoms with E-state index in [9.17, 15) is 4.79 Å². The lowest BCUT2D eigenvalue weighted by Crippen LogP contribution is -2.31. The molecule has 1 saturated carbocycles. The zero-order valence-corrected chi connectivity index (χ0v) is 12.0. The zero-order chi connectivity index (χ0) is 14.4. The molecule has 4 rings (SSSR count). The summed E-state index contributed by atoms with van der Waals surface area (Å²) in [6.45, 7) is 0. The van der Waals surface area contributed by atoms with E-state index in [-0.39, 0.29) is 11.8 Å². The van der Waals surface area contributed by atoms with Gasteiger partial charge in [0.1, 0.15) is 0 Å². The average molecular weight is 277 g/mol. The van der Waals surface area contributed by atoms with Gasteiger partial charge in [0, 0.05) is 5.92 Å². The molecule has 2 N–H and O–H groups in total. The van der Waals surface area contributed by atoms with Gasteiger partial charge in [0.2, 0.25) is 5.91 Å². The van der Waals surface area contributed by atoms with Gasteiger partial charge in [-0.3, -0.25) is 4.79 Å². The summed E-state index contributed by atoms with van der Waals surface area (Å²) in [5, 5.41) is 2.60. The minimum Gasteiger partial charge on any atom is -0.369 e. The summed E-state index contributed by atoms with van der Waals surface area (Å²) < 4.78 is 0. The van der Waals surface area contributed by atoms with Crippen LogP contribution in [0, 0.1) is 11.8 Å². The Morgan fingerprint density at radius 1 is 1.14 bits per heavy atom. The zero-order valence-electron chi connectivity index (χ0n) is 12.0. The molecule has 2 aliphatic rings. The van der Waals surface area contributed by atoms with E-state index >= 15 is 0 Å². The van der Waals surface area contributed by atoms with E-state index in [4.69, 9.17) is 5.73 Å². The quantitative estimate of drug-likeness (QED) is 0.849. The number of carbonyl (C=O) groups is 1. The summed E-state index contributed by atoms with van der Waals surface area (Å²) >= 11 is 0. The number of carbonyl (C=O) groups excluding carboxylic acids is 1. The fraction of sp³-hybridized carbons (Fsp3) is 0.316. The van der Waals surface area contributed by atoms with Gasteiger partial charge in [0.05, 0.1) is 0 Å². The number of amides is 1. The number of rotatable bonds is 1. The van der Waals surface area contributed by atoms with Gasteiger partial charge in [0.25, 0.3) is 0 Å². The van der Waals surface area contributed by atoms with Crippen LogP contribution in [0.25, 0.3) is 16.8 Å². The predicted octanol–water partition coefficient (Wildman–Crippen LogP) is 3.68. The van der Waals surface area contributed by atoms with Crippen LogP contribution in [0.5, 0.6) is 0 Å². The summed E-state index contributed by atoms with van der Waals surface area (Å²) in [6.07, 6.45) is 6.27. The maximum Gasteiger partial charge on any atom is 0.220 e. The second kappa shape index (κ2) is 4.73. The predicted molar refractivity (Wildman–Crippen MR) is 85.7 cm³/mol. The van der Waals surface area contributed by atoms with Gasteiger partial charge >= 0.3 is 0 Å². The Morgan fingerprint density at radius 3 is 2.67 bits per heavy atom. The Balaban J connectivity index is 1.74. The molecule has 0 saturated heterocycles. The van der Waals surface area contributed by atoms with Crippen molar-refractivity contribution >= 4 is 22.8 Å². The monoisotopic (exact) mass is 277 g/mol. The molecule has 106 valence electrons. The van der Waals surface area contributed by atoms with Crippen molar-refractivity contribution in [3.63, 3.8) is 0 Å². The van der Waals surface area contributed by atoms with Crippen molar-refractivity contribution in [1.29, 1.82) is 0 Å². The first-order valence-electron chi connectivity index (χ1n) is 7.72. The third kappa shape index (κ3) is 2.15. The van der Waals surface area contributed by atoms with Gasteiger partial charge in [-0.25, -0.2) is 0 Å². The molecular formula is C19H19NO. The number of primary amides is 1. The van der Waals surface area contributed by atoms with Crippen LogP contribution in [0.4, 0.5) is 0 Å². The highest BCUT2D eigenvalue weighted by Gasteiger charge is 2.31. The Labute approximate surface area is 124 Å². The lowest BCUT2D eigenvalue weighted by atomic mass is 9.71. The normalized spacial score (nSPS) is 24.1. The first-order valence-corrected chi connectivity index (χ1v) is 7.72. The molecule has 2 nitrogen and oxygen atoms in total. The summed E-state index contributed by atoms with van der Waals surface area (Å²) in [5.74, 6) is 0.442. The molecule has 2 aliphatic carbocycles. The number of hydrogen-bond donors (Lipinski definition) is 1. The van der Waals surface area contributed by atoms with Crippen LogP contribution < -0.4 is 5.73 Å². The third-order valence-corrected chi connectivity index (χ3v) is 5.09. The molecule has 0 aromatic heterocycles. The minimum absolute atomic E-state index is 0.0640. The van der Waals surface area contributed by atoms with Gasteiger partial charge in [-0.2, -0.15) is 0 Å². The molecular weight excluding hydrogens is 258 g/mol. The highest BCUT2D eigenvalue weighted by molar-refractivity contribution is 5.87. The van der Waals surface area contributed by atoms with E-state index in [0.717, 1.165) is 25.7 Å². The lowest BCUT2D eigenvalue weighted by molar-refractivity contribution is -0.122. The van der Waals surface area contributed by atoms with Crippen LogP contribution in [0.15, 0.2) is 42.0 Å². The minimum atomic E-state index is -0.127. The molecule has 1 amide bonds. The molecule has 1 fully saturated rings. The van der Waals surface area contributed by atoms with Gasteiger partial charge in [-0.1, -0.05) is 42.0 Å². The van der Waals surface area contributed by atoms with Crippen molar-refractivity contribution in [1.82, 2.24) is 0 Å². The van der Waals surface area contributed by atoms with Crippen molar-refractivity contribution in [2.75, 3.05) is 0 Å². The summed E-state index contributed by atoms with van der Waals surface area (Å²) in [7, 11) is 0. The van der Waals surface area contributed by atoms with E-state index in [1.54, 1.807) is 0 Å². The lowest BCUT2D eigenvalue weighted by Gasteiger charge is -2.33. The highest BCUT2D eigenvalue weighted by atomic mass is 16.1. The van der Waals surface area contributed by atoms with Crippen molar-refractivity contribution in [3.8, 4) is 0 Å². The SMILES string of the molecule is NC(=O)C1CCC2=Cc3cc4ccccc4cc3CC2C1. The van der Waals surface area contributed by atoms with Crippen LogP contribution in [0.2, 0.25) is 0 Å². The maximum atomic E-state index is 11.5. The van der Waals surface area contributed by atoms with E-state index in [1.807, 2.05) is 0 Å². The van der Waals surface area contributed by atoms with E-state index < -0.39 is 0 Å². The van der Waals surface area contributed by atoms with Crippen LogP contribution in [-0.4, -0.2) is 5.91 Å². The summed E-state index contributed by atoms with van der Waals surface area (Å²) in [6, 6.07) is 13.1. The van der Waals surface area contributed by atoms with Crippen LogP contribution in [0.3, 0.4) is 0 Å². The second-order valence-electron chi connectivity index (χ2n) is 6.39. The summed E-state index contributed by atoms with van der Waals surface area (Å²) in [4.78, 5) is 11.5. The Hall–Kier alpha value is -2.09. The summed E-state index contributed by atoms with van der Waals surface area (Å²) in [5.41, 5.74) is 9.78. The molecule has 0 heterocycles. The standard InChI is InChI=1S/C19H19NO/c20-19(21)15-6-5-14-9-17-7-12-3-1-2-4-13(12)8-18(17)11-16(14)10-15/h1-4,7-9,15-16H,5-6,10-11H2,(H2,20,21). The second-order valence-corrected chi connectivity index (χ2v) is 6.39. The number of fused-ring (bicyclic) bond motifs is 3. The van der Waals surface area contributed by atoms with E-state index in [0.29, 0.717) is 5.92 Å². The first kappa shape index (κ1) is 12.6. The maximum absolute atomic E-state index is 11.5. The fourth-order valence-corrected chi connectivity index (χ4v) is 3.90.